The number of nitrogens with zero attached hydrogens (tertiary/aromatic N) is 4. The Morgan fingerprint density at radius 3 is 2.39 bits per heavy atom. The topological polar surface area (TPSA) is 98.0 Å². The van der Waals surface area contributed by atoms with Gasteiger partial charge in [0.2, 0.25) is 17.6 Å². The van der Waals surface area contributed by atoms with Crippen LogP contribution >= 0.6 is 11.6 Å². The van der Waals surface area contributed by atoms with Crippen LogP contribution < -0.4 is 9.47 Å². The van der Waals surface area contributed by atoms with Crippen LogP contribution in [0.2, 0.25) is 5.02 Å². The Kier molecular flexibility index (Phi) is 8.84. The van der Waals surface area contributed by atoms with Gasteiger partial charge >= 0.3 is 0 Å². The van der Waals surface area contributed by atoms with Crippen molar-refractivity contribution in [2.45, 2.75) is 31.8 Å². The monoisotopic (exact) mass is 574 g/mol. The fourth-order valence-corrected chi connectivity index (χ4v) is 5.07. The van der Waals surface area contributed by atoms with Crippen LogP contribution in [-0.2, 0) is 11.3 Å². The highest BCUT2D eigenvalue weighted by Crippen LogP contribution is 2.32. The molecule has 10 heteroatoms. The number of amides is 2. The van der Waals surface area contributed by atoms with Crippen molar-refractivity contribution >= 4 is 23.4 Å². The van der Waals surface area contributed by atoms with E-state index in [9.17, 15) is 9.59 Å². The number of hydrogen-bond donors (Lipinski definition) is 0. The lowest BCUT2D eigenvalue weighted by Crippen LogP contribution is -2.45. The molecule has 1 atom stereocenters. The predicted molar refractivity (Wildman–Crippen MR) is 154 cm³/mol. The highest BCUT2D eigenvalue weighted by molar-refractivity contribution is 6.30. The van der Waals surface area contributed by atoms with Crippen LogP contribution in [-0.4, -0.2) is 59.1 Å². The van der Waals surface area contributed by atoms with Crippen LogP contribution in [0.5, 0.6) is 11.5 Å². The van der Waals surface area contributed by atoms with Crippen molar-refractivity contribution in [2.75, 3.05) is 27.3 Å². The summed E-state index contributed by atoms with van der Waals surface area (Å²) in [5.41, 5.74) is 2.04. The molecule has 3 aromatic carbocycles. The fourth-order valence-electron chi connectivity index (χ4n) is 4.94. The first-order chi connectivity index (χ1) is 19.9. The average Bonchev–Trinajstić information content (AvgIpc) is 3.51. The molecule has 1 fully saturated rings. The van der Waals surface area contributed by atoms with Crippen LogP contribution in [0.15, 0.2) is 77.3 Å². The summed E-state index contributed by atoms with van der Waals surface area (Å²) in [5, 5.41) is 4.76. The van der Waals surface area contributed by atoms with Gasteiger partial charge in [-0.2, -0.15) is 4.98 Å². The molecule has 41 heavy (non-hydrogen) atoms. The zero-order valence-electron chi connectivity index (χ0n) is 23.0. The van der Waals surface area contributed by atoms with Crippen molar-refractivity contribution in [3.63, 3.8) is 0 Å². The quantitative estimate of drug-likeness (QED) is 0.249. The Morgan fingerprint density at radius 1 is 1.00 bits per heavy atom. The number of carbonyl (C=O) groups is 2. The molecule has 1 aliphatic rings. The minimum absolute atomic E-state index is 0.123. The highest BCUT2D eigenvalue weighted by Gasteiger charge is 2.34. The van der Waals surface area contributed by atoms with Gasteiger partial charge in [0.15, 0.2) is 0 Å². The number of carbonyl (C=O) groups excluding carboxylic acids is 2. The molecule has 9 nitrogen and oxygen atoms in total. The number of aromatic nitrogens is 2. The minimum Gasteiger partial charge on any atom is -0.497 e. The molecule has 2 heterocycles. The van der Waals surface area contributed by atoms with Gasteiger partial charge in [-0.3, -0.25) is 9.59 Å². The van der Waals surface area contributed by atoms with Gasteiger partial charge in [0.25, 0.3) is 5.91 Å². The van der Waals surface area contributed by atoms with Crippen molar-refractivity contribution in [2.24, 2.45) is 0 Å². The van der Waals surface area contributed by atoms with Crippen molar-refractivity contribution in [1.82, 2.24) is 19.9 Å². The number of benzene rings is 3. The first kappa shape index (κ1) is 28.2. The minimum atomic E-state index is -0.379. The van der Waals surface area contributed by atoms with Crippen molar-refractivity contribution in [3.05, 3.63) is 94.8 Å². The molecule has 1 saturated heterocycles. The number of hydrogen-bond acceptors (Lipinski definition) is 7. The zero-order chi connectivity index (χ0) is 28.8. The summed E-state index contributed by atoms with van der Waals surface area (Å²) in [5.74, 6) is 1.28. The molecular formula is C31H31ClN4O5. The molecule has 0 spiro atoms. The van der Waals surface area contributed by atoms with Gasteiger partial charge in [0.05, 0.1) is 14.2 Å². The lowest BCUT2D eigenvalue weighted by molar-refractivity contribution is -0.136. The van der Waals surface area contributed by atoms with Gasteiger partial charge in [0, 0.05) is 35.3 Å². The number of rotatable bonds is 9. The van der Waals surface area contributed by atoms with Gasteiger partial charge in [-0.15, -0.1) is 0 Å². The van der Waals surface area contributed by atoms with E-state index < -0.39 is 0 Å². The van der Waals surface area contributed by atoms with E-state index in [1.54, 1.807) is 40.1 Å². The van der Waals surface area contributed by atoms with Crippen LogP contribution in [0.4, 0.5) is 0 Å². The smallest absolute Gasteiger partial charge is 0.254 e. The summed E-state index contributed by atoms with van der Waals surface area (Å²) in [7, 11) is 3.06. The second-order valence-electron chi connectivity index (χ2n) is 9.81. The van der Waals surface area contributed by atoms with Crippen LogP contribution in [0, 0.1) is 0 Å². The maximum atomic E-state index is 13.9. The van der Waals surface area contributed by atoms with Gasteiger partial charge in [0.1, 0.15) is 24.1 Å². The van der Waals surface area contributed by atoms with E-state index >= 15 is 0 Å². The summed E-state index contributed by atoms with van der Waals surface area (Å²) in [6, 6.07) is 21.4. The number of ether oxygens (including phenoxy) is 2. The van der Waals surface area contributed by atoms with Crippen LogP contribution in [0.25, 0.3) is 11.4 Å². The molecule has 1 aromatic heterocycles. The third kappa shape index (κ3) is 6.69. The molecule has 0 aliphatic carbocycles. The zero-order valence-corrected chi connectivity index (χ0v) is 23.7. The van der Waals surface area contributed by atoms with E-state index in [4.69, 9.17) is 25.6 Å². The molecule has 0 N–H and O–H groups in total. The van der Waals surface area contributed by atoms with E-state index in [0.717, 1.165) is 24.0 Å². The Labute approximate surface area is 243 Å². The first-order valence-electron chi connectivity index (χ1n) is 13.4. The molecule has 2 amide bonds. The van der Waals surface area contributed by atoms with Gasteiger partial charge < -0.3 is 23.8 Å². The maximum absolute atomic E-state index is 13.9. The summed E-state index contributed by atoms with van der Waals surface area (Å²) >= 11 is 6.02. The molecular weight excluding hydrogens is 544 g/mol. The first-order valence-corrected chi connectivity index (χ1v) is 13.8. The van der Waals surface area contributed by atoms with E-state index in [0.29, 0.717) is 46.8 Å². The molecule has 0 bridgehead atoms. The highest BCUT2D eigenvalue weighted by atomic mass is 35.5. The van der Waals surface area contributed by atoms with E-state index in [2.05, 4.69) is 10.1 Å². The standard InChI is InChI=1S/C31H31ClN4O5/c1-39-25-16-23(17-26(18-25)40-2)31(38)35(19-21-8-4-3-5-9-21)20-28(37)36-15-7-6-10-27(36)30-33-29(34-41-30)22-11-13-24(32)14-12-22/h3-5,8-9,11-14,16-18,27H,6-7,10,15,19-20H2,1-2H3. The van der Waals surface area contributed by atoms with Crippen LogP contribution in [0.3, 0.4) is 0 Å². The molecule has 0 saturated carbocycles. The van der Waals surface area contributed by atoms with Gasteiger partial charge in [-0.05, 0) is 61.2 Å². The third-order valence-corrected chi connectivity index (χ3v) is 7.33. The summed E-state index contributed by atoms with van der Waals surface area (Å²) in [6.07, 6.45) is 2.46. The number of halogens is 1. The number of likely N-dealkylation sites (tertiary alicyclic amines) is 1. The summed E-state index contributed by atoms with van der Waals surface area (Å²) in [6.45, 7) is 0.662. The van der Waals surface area contributed by atoms with E-state index in [1.807, 2.05) is 42.5 Å². The second-order valence-corrected chi connectivity index (χ2v) is 10.2. The molecule has 4 aromatic rings. The molecule has 1 aliphatic heterocycles. The van der Waals surface area contributed by atoms with Crippen molar-refractivity contribution in [3.8, 4) is 22.9 Å². The molecule has 5 rings (SSSR count). The Hall–Kier alpha value is -4.37. The number of piperidine rings is 1. The lowest BCUT2D eigenvalue weighted by Gasteiger charge is -2.35. The Morgan fingerprint density at radius 2 is 1.71 bits per heavy atom. The van der Waals surface area contributed by atoms with Crippen molar-refractivity contribution in [1.29, 1.82) is 0 Å². The molecule has 0 radical (unpaired) electrons. The van der Waals surface area contributed by atoms with Gasteiger partial charge in [-0.1, -0.05) is 47.1 Å². The predicted octanol–water partition coefficient (Wildman–Crippen LogP) is 5.80. The van der Waals surface area contributed by atoms with E-state index in [1.165, 1.54) is 14.2 Å². The number of methoxy groups -OCH3 is 2. The van der Waals surface area contributed by atoms with Gasteiger partial charge in [-0.25, -0.2) is 0 Å². The van der Waals surface area contributed by atoms with E-state index in [-0.39, 0.29) is 30.9 Å². The van der Waals surface area contributed by atoms with Crippen molar-refractivity contribution < 1.29 is 23.6 Å². The Balaban J connectivity index is 1.40. The third-order valence-electron chi connectivity index (χ3n) is 7.08. The maximum Gasteiger partial charge on any atom is 0.254 e. The fraction of sp³-hybridized carbons (Fsp3) is 0.290. The molecule has 1 unspecified atom stereocenters. The molecule has 212 valence electrons. The average molecular weight is 575 g/mol. The second kappa shape index (κ2) is 12.9. The normalized spacial score (nSPS) is 14.9. The summed E-state index contributed by atoms with van der Waals surface area (Å²) < 4.78 is 16.4. The Bertz CT molecular complexity index is 1470. The SMILES string of the molecule is COc1cc(OC)cc(C(=O)N(CC(=O)N2CCCCC2c2nc(-c3ccc(Cl)cc3)no2)Cc2ccccc2)c1. The largest absolute Gasteiger partial charge is 0.497 e. The summed E-state index contributed by atoms with van der Waals surface area (Å²) in [4.78, 5) is 35.6. The van der Waals surface area contributed by atoms with Crippen LogP contribution in [0.1, 0.15) is 47.1 Å². The lowest BCUT2D eigenvalue weighted by atomic mass is 10.0.